The zero-order valence-electron chi connectivity index (χ0n) is 13.3. The number of epoxide rings is 1. The lowest BCUT2D eigenvalue weighted by molar-refractivity contribution is -0.112. The molecule has 21 heavy (non-hydrogen) atoms. The minimum atomic E-state index is -0.447. The maximum absolute atomic E-state index is 10.9. The Kier molecular flexibility index (Phi) is 6.44. The summed E-state index contributed by atoms with van der Waals surface area (Å²) in [6, 6.07) is 8.88. The third kappa shape index (κ3) is 5.62. The van der Waals surface area contributed by atoms with Crippen LogP contribution in [-0.4, -0.2) is 18.5 Å². The van der Waals surface area contributed by atoms with Crippen LogP contribution in [-0.2, 0) is 22.4 Å². The summed E-state index contributed by atoms with van der Waals surface area (Å²) < 4.78 is 5.22. The molecule has 1 aliphatic heterocycles. The smallest absolute Gasteiger partial charge is 0.154 e. The van der Waals surface area contributed by atoms with Gasteiger partial charge in [0.2, 0.25) is 0 Å². The van der Waals surface area contributed by atoms with Crippen molar-refractivity contribution in [2.45, 2.75) is 70.3 Å². The first-order valence-electron chi connectivity index (χ1n) is 8.46. The van der Waals surface area contributed by atoms with Gasteiger partial charge in [0.15, 0.2) is 6.29 Å². The van der Waals surface area contributed by atoms with E-state index in [1.165, 1.54) is 56.1 Å². The van der Waals surface area contributed by atoms with Gasteiger partial charge in [-0.15, -0.1) is 0 Å². The number of carbonyl (C=O) groups is 1. The molecule has 1 aromatic rings. The van der Waals surface area contributed by atoms with Crippen molar-refractivity contribution in [3.8, 4) is 0 Å². The Balaban J connectivity index is 1.63. The summed E-state index contributed by atoms with van der Waals surface area (Å²) in [6.07, 6.45) is 12.0. The molecule has 0 saturated carbocycles. The number of aryl methyl sites for hydroxylation is 2. The zero-order chi connectivity index (χ0) is 15.0. The summed E-state index contributed by atoms with van der Waals surface area (Å²) in [4.78, 5) is 10.9. The Morgan fingerprint density at radius 1 is 1.00 bits per heavy atom. The van der Waals surface area contributed by atoms with E-state index in [9.17, 15) is 4.79 Å². The minimum Gasteiger partial charge on any atom is -0.362 e. The monoisotopic (exact) mass is 288 g/mol. The minimum absolute atomic E-state index is 0.447. The fraction of sp³-hybridized carbons (Fsp3) is 0.632. The van der Waals surface area contributed by atoms with Gasteiger partial charge in [-0.1, -0.05) is 63.3 Å². The fourth-order valence-corrected chi connectivity index (χ4v) is 2.70. The lowest BCUT2D eigenvalue weighted by Crippen LogP contribution is -2.13. The topological polar surface area (TPSA) is 29.6 Å². The first kappa shape index (κ1) is 16.2. The summed E-state index contributed by atoms with van der Waals surface area (Å²) in [6.45, 7) is 2.86. The largest absolute Gasteiger partial charge is 0.362 e. The summed E-state index contributed by atoms with van der Waals surface area (Å²) in [7, 11) is 0. The van der Waals surface area contributed by atoms with Crippen LogP contribution in [0.3, 0.4) is 0 Å². The van der Waals surface area contributed by atoms with E-state index >= 15 is 0 Å². The molecule has 2 rings (SSSR count). The Hall–Kier alpha value is -1.15. The van der Waals surface area contributed by atoms with Crippen LogP contribution in [0.15, 0.2) is 24.3 Å². The van der Waals surface area contributed by atoms with Gasteiger partial charge in [-0.25, -0.2) is 0 Å². The molecule has 1 fully saturated rings. The first-order chi connectivity index (χ1) is 10.3. The van der Waals surface area contributed by atoms with Gasteiger partial charge in [0.25, 0.3) is 0 Å². The first-order valence-corrected chi connectivity index (χ1v) is 8.46. The van der Waals surface area contributed by atoms with Gasteiger partial charge < -0.3 is 9.53 Å². The average Bonchev–Trinajstić information content (AvgIpc) is 3.30. The predicted octanol–water partition coefficient (Wildman–Crippen LogP) is 4.49. The molecule has 0 aromatic heterocycles. The van der Waals surface area contributed by atoms with Crippen molar-refractivity contribution in [3.63, 3.8) is 0 Å². The molecule has 1 unspecified atom stereocenters. The van der Waals surface area contributed by atoms with Crippen molar-refractivity contribution >= 4 is 6.29 Å². The van der Waals surface area contributed by atoms with Crippen molar-refractivity contribution in [2.24, 2.45) is 0 Å². The highest BCUT2D eigenvalue weighted by atomic mass is 16.6. The molecule has 0 bridgehead atoms. The van der Waals surface area contributed by atoms with Crippen LogP contribution in [0.5, 0.6) is 0 Å². The maximum Gasteiger partial charge on any atom is 0.154 e. The maximum atomic E-state index is 10.9. The van der Waals surface area contributed by atoms with Gasteiger partial charge in [-0.05, 0) is 36.8 Å². The summed E-state index contributed by atoms with van der Waals surface area (Å²) in [5.41, 5.74) is 2.29. The summed E-state index contributed by atoms with van der Waals surface area (Å²) >= 11 is 0. The number of unbranched alkanes of at least 4 members (excludes halogenated alkanes) is 5. The predicted molar refractivity (Wildman–Crippen MR) is 86.6 cm³/mol. The van der Waals surface area contributed by atoms with Crippen LogP contribution in [0.1, 0.15) is 63.0 Å². The van der Waals surface area contributed by atoms with Crippen molar-refractivity contribution in [1.82, 2.24) is 0 Å². The molecule has 0 radical (unpaired) electrons. The SMILES string of the molecule is CCCCCCCCc1ccc(CCC2(C=O)CO2)cc1. The molecule has 1 heterocycles. The van der Waals surface area contributed by atoms with Crippen molar-refractivity contribution in [1.29, 1.82) is 0 Å². The molecular weight excluding hydrogens is 260 g/mol. The molecule has 116 valence electrons. The van der Waals surface area contributed by atoms with E-state index in [0.29, 0.717) is 6.61 Å². The van der Waals surface area contributed by atoms with Crippen molar-refractivity contribution in [2.75, 3.05) is 6.61 Å². The van der Waals surface area contributed by atoms with Gasteiger partial charge in [-0.3, -0.25) is 0 Å². The van der Waals surface area contributed by atoms with E-state index in [-0.39, 0.29) is 0 Å². The Morgan fingerprint density at radius 2 is 1.57 bits per heavy atom. The Labute approximate surface area is 128 Å². The van der Waals surface area contributed by atoms with Gasteiger partial charge in [0.05, 0.1) is 6.61 Å². The molecule has 0 spiro atoms. The highest BCUT2D eigenvalue weighted by Gasteiger charge is 2.43. The highest BCUT2D eigenvalue weighted by molar-refractivity contribution is 5.66. The van der Waals surface area contributed by atoms with Crippen LogP contribution in [0, 0.1) is 0 Å². The molecule has 2 heteroatoms. The van der Waals surface area contributed by atoms with Crippen molar-refractivity contribution in [3.05, 3.63) is 35.4 Å². The second kappa shape index (κ2) is 8.33. The van der Waals surface area contributed by atoms with Crippen LogP contribution in [0.25, 0.3) is 0 Å². The molecule has 1 aromatic carbocycles. The Bertz CT molecular complexity index is 418. The van der Waals surface area contributed by atoms with Gasteiger partial charge >= 0.3 is 0 Å². The van der Waals surface area contributed by atoms with E-state index in [1.54, 1.807) is 0 Å². The third-order valence-electron chi connectivity index (χ3n) is 4.41. The standard InChI is InChI=1S/C19H28O2/c1-2-3-4-5-6-7-8-17-9-11-18(12-10-17)13-14-19(15-20)16-21-19/h9-12,15H,2-8,13-14,16H2,1H3. The number of hydrogen-bond acceptors (Lipinski definition) is 2. The third-order valence-corrected chi connectivity index (χ3v) is 4.41. The number of rotatable bonds is 11. The van der Waals surface area contributed by atoms with E-state index in [4.69, 9.17) is 4.74 Å². The molecule has 0 amide bonds. The van der Waals surface area contributed by atoms with Gasteiger partial charge in [-0.2, -0.15) is 0 Å². The highest BCUT2D eigenvalue weighted by Crippen LogP contribution is 2.29. The van der Waals surface area contributed by atoms with E-state index in [0.717, 1.165) is 19.1 Å². The van der Waals surface area contributed by atoms with E-state index < -0.39 is 5.60 Å². The number of ether oxygens (including phenoxy) is 1. The van der Waals surface area contributed by atoms with E-state index in [1.807, 2.05) is 0 Å². The molecule has 1 saturated heterocycles. The number of hydrogen-bond donors (Lipinski definition) is 0. The summed E-state index contributed by atoms with van der Waals surface area (Å²) in [5.74, 6) is 0. The fourth-order valence-electron chi connectivity index (χ4n) is 2.70. The molecule has 0 aliphatic carbocycles. The lowest BCUT2D eigenvalue weighted by Gasteiger charge is -2.06. The average molecular weight is 288 g/mol. The molecule has 1 atom stereocenters. The van der Waals surface area contributed by atoms with Crippen molar-refractivity contribution < 1.29 is 9.53 Å². The number of carbonyl (C=O) groups excluding carboxylic acids is 1. The van der Waals surface area contributed by atoms with E-state index in [2.05, 4.69) is 31.2 Å². The number of benzene rings is 1. The van der Waals surface area contributed by atoms with Crippen LogP contribution >= 0.6 is 0 Å². The second-order valence-electron chi connectivity index (χ2n) is 6.31. The quantitative estimate of drug-likeness (QED) is 0.341. The molecule has 0 N–H and O–H groups in total. The lowest BCUT2D eigenvalue weighted by atomic mass is 9.99. The van der Waals surface area contributed by atoms with Crippen LogP contribution in [0.4, 0.5) is 0 Å². The normalized spacial score (nSPS) is 20.4. The number of aldehydes is 1. The van der Waals surface area contributed by atoms with Gasteiger partial charge in [0, 0.05) is 0 Å². The Morgan fingerprint density at radius 3 is 2.14 bits per heavy atom. The zero-order valence-corrected chi connectivity index (χ0v) is 13.3. The van der Waals surface area contributed by atoms with Crippen LogP contribution < -0.4 is 0 Å². The molecule has 2 nitrogen and oxygen atoms in total. The van der Waals surface area contributed by atoms with Crippen LogP contribution in [0.2, 0.25) is 0 Å². The van der Waals surface area contributed by atoms with Gasteiger partial charge in [0.1, 0.15) is 5.60 Å². The molecular formula is C19H28O2. The summed E-state index contributed by atoms with van der Waals surface area (Å²) in [5, 5.41) is 0. The second-order valence-corrected chi connectivity index (χ2v) is 6.31. The molecule has 1 aliphatic rings.